The SMILES string of the molecule is Cc1nn(C)c(Sc2ncnn2C)c1CC(C)N. The largest absolute Gasteiger partial charge is 0.328 e. The Morgan fingerprint density at radius 1 is 1.39 bits per heavy atom. The molecule has 2 aromatic rings. The highest BCUT2D eigenvalue weighted by molar-refractivity contribution is 7.99. The molecule has 0 radical (unpaired) electrons. The molecule has 0 fully saturated rings. The highest BCUT2D eigenvalue weighted by Gasteiger charge is 2.17. The van der Waals surface area contributed by atoms with Gasteiger partial charge in [0, 0.05) is 25.7 Å². The zero-order valence-electron chi connectivity index (χ0n) is 11.1. The first-order valence-electron chi connectivity index (χ1n) is 5.79. The normalized spacial score (nSPS) is 12.9. The summed E-state index contributed by atoms with van der Waals surface area (Å²) in [6.07, 6.45) is 2.37. The third kappa shape index (κ3) is 2.56. The van der Waals surface area contributed by atoms with Crippen molar-refractivity contribution in [1.29, 1.82) is 0 Å². The van der Waals surface area contributed by atoms with E-state index < -0.39 is 0 Å². The maximum Gasteiger partial charge on any atom is 0.192 e. The van der Waals surface area contributed by atoms with Gasteiger partial charge in [0.05, 0.1) is 5.69 Å². The molecule has 0 spiro atoms. The van der Waals surface area contributed by atoms with E-state index >= 15 is 0 Å². The molecule has 98 valence electrons. The Kier molecular flexibility index (Phi) is 3.72. The monoisotopic (exact) mass is 266 g/mol. The zero-order chi connectivity index (χ0) is 13.3. The number of aryl methyl sites for hydroxylation is 3. The topological polar surface area (TPSA) is 74.5 Å². The van der Waals surface area contributed by atoms with Crippen molar-refractivity contribution >= 4 is 11.8 Å². The standard InChI is InChI=1S/C11H18N6S/c1-7(12)5-9-8(2)15-16(3)10(9)18-11-13-6-14-17(11)4/h6-7H,5,12H2,1-4H3. The number of rotatable bonds is 4. The van der Waals surface area contributed by atoms with Gasteiger partial charge in [-0.25, -0.2) is 9.67 Å². The van der Waals surface area contributed by atoms with Crippen LogP contribution in [0.5, 0.6) is 0 Å². The fourth-order valence-electron chi connectivity index (χ4n) is 1.83. The molecular weight excluding hydrogens is 248 g/mol. The van der Waals surface area contributed by atoms with E-state index in [-0.39, 0.29) is 6.04 Å². The average Bonchev–Trinajstić information content (AvgIpc) is 2.77. The summed E-state index contributed by atoms with van der Waals surface area (Å²) in [5.74, 6) is 0. The summed E-state index contributed by atoms with van der Waals surface area (Å²) in [5, 5.41) is 10.5. The molecular formula is C11H18N6S. The first-order valence-corrected chi connectivity index (χ1v) is 6.60. The lowest BCUT2D eigenvalue weighted by molar-refractivity contribution is 0.662. The molecule has 0 aliphatic carbocycles. The molecule has 2 N–H and O–H groups in total. The Morgan fingerprint density at radius 3 is 2.67 bits per heavy atom. The second-order valence-corrected chi connectivity index (χ2v) is 5.40. The Morgan fingerprint density at radius 2 is 2.11 bits per heavy atom. The fourth-order valence-corrected chi connectivity index (χ4v) is 2.81. The summed E-state index contributed by atoms with van der Waals surface area (Å²) < 4.78 is 3.63. The van der Waals surface area contributed by atoms with Crippen molar-refractivity contribution < 1.29 is 0 Å². The van der Waals surface area contributed by atoms with E-state index in [9.17, 15) is 0 Å². The molecule has 1 unspecified atom stereocenters. The lowest BCUT2D eigenvalue weighted by Crippen LogP contribution is -2.18. The van der Waals surface area contributed by atoms with Gasteiger partial charge in [0.15, 0.2) is 5.16 Å². The van der Waals surface area contributed by atoms with E-state index in [0.29, 0.717) is 0 Å². The van der Waals surface area contributed by atoms with Gasteiger partial charge >= 0.3 is 0 Å². The fraction of sp³-hybridized carbons (Fsp3) is 0.545. The van der Waals surface area contributed by atoms with Crippen molar-refractivity contribution in [2.24, 2.45) is 19.8 Å². The summed E-state index contributed by atoms with van der Waals surface area (Å²) in [7, 11) is 3.82. The molecule has 2 rings (SSSR count). The van der Waals surface area contributed by atoms with Crippen molar-refractivity contribution in [2.45, 2.75) is 36.5 Å². The molecule has 2 heterocycles. The van der Waals surface area contributed by atoms with Crippen molar-refractivity contribution in [3.8, 4) is 0 Å². The van der Waals surface area contributed by atoms with E-state index in [2.05, 4.69) is 15.2 Å². The van der Waals surface area contributed by atoms with Crippen LogP contribution in [0, 0.1) is 6.92 Å². The molecule has 18 heavy (non-hydrogen) atoms. The number of hydrogen-bond acceptors (Lipinski definition) is 5. The van der Waals surface area contributed by atoms with Gasteiger partial charge in [-0.2, -0.15) is 10.2 Å². The van der Waals surface area contributed by atoms with Crippen LogP contribution in [0.25, 0.3) is 0 Å². The number of nitrogens with zero attached hydrogens (tertiary/aromatic N) is 5. The van der Waals surface area contributed by atoms with Crippen LogP contribution in [-0.2, 0) is 20.5 Å². The molecule has 6 nitrogen and oxygen atoms in total. The van der Waals surface area contributed by atoms with Crippen LogP contribution in [0.4, 0.5) is 0 Å². The van der Waals surface area contributed by atoms with Crippen LogP contribution in [0.2, 0.25) is 0 Å². The maximum atomic E-state index is 5.90. The van der Waals surface area contributed by atoms with Gasteiger partial charge in [0.1, 0.15) is 11.4 Å². The van der Waals surface area contributed by atoms with Gasteiger partial charge in [-0.05, 0) is 32.0 Å². The average molecular weight is 266 g/mol. The highest BCUT2D eigenvalue weighted by atomic mass is 32.2. The molecule has 0 bridgehead atoms. The first kappa shape index (κ1) is 13.1. The Labute approximate surface area is 111 Å². The smallest absolute Gasteiger partial charge is 0.192 e. The van der Waals surface area contributed by atoms with Gasteiger partial charge in [-0.1, -0.05) is 0 Å². The number of aromatic nitrogens is 5. The second-order valence-electron chi connectivity index (χ2n) is 4.44. The molecule has 0 aliphatic heterocycles. The van der Waals surface area contributed by atoms with Crippen LogP contribution in [0.3, 0.4) is 0 Å². The van der Waals surface area contributed by atoms with Gasteiger partial charge in [0.2, 0.25) is 0 Å². The summed E-state index contributed by atoms with van der Waals surface area (Å²) >= 11 is 1.57. The molecule has 0 aliphatic rings. The third-order valence-electron chi connectivity index (χ3n) is 2.67. The lowest BCUT2D eigenvalue weighted by atomic mass is 10.1. The van der Waals surface area contributed by atoms with Crippen molar-refractivity contribution in [1.82, 2.24) is 24.5 Å². The quantitative estimate of drug-likeness (QED) is 0.890. The molecule has 0 saturated carbocycles. The van der Waals surface area contributed by atoms with Gasteiger partial charge in [0.25, 0.3) is 0 Å². The molecule has 0 amide bonds. The van der Waals surface area contributed by atoms with E-state index in [1.807, 2.05) is 32.6 Å². The number of nitrogens with two attached hydrogens (primary N) is 1. The molecule has 2 aromatic heterocycles. The Bertz CT molecular complexity index is 542. The van der Waals surface area contributed by atoms with Crippen LogP contribution in [0.1, 0.15) is 18.2 Å². The predicted molar refractivity (Wildman–Crippen MR) is 70.4 cm³/mol. The van der Waals surface area contributed by atoms with Crippen LogP contribution < -0.4 is 5.73 Å². The zero-order valence-corrected chi connectivity index (χ0v) is 11.9. The predicted octanol–water partition coefficient (Wildman–Crippen LogP) is 0.898. The van der Waals surface area contributed by atoms with Gasteiger partial charge < -0.3 is 5.73 Å². The van der Waals surface area contributed by atoms with Gasteiger partial charge in [-0.3, -0.25) is 4.68 Å². The minimum atomic E-state index is 0.117. The minimum absolute atomic E-state index is 0.117. The Balaban J connectivity index is 2.34. The summed E-state index contributed by atoms with van der Waals surface area (Å²) in [6, 6.07) is 0.117. The molecule has 0 aromatic carbocycles. The molecule has 1 atom stereocenters. The Hall–Kier alpha value is -1.34. The third-order valence-corrected chi connectivity index (χ3v) is 3.93. The van der Waals surface area contributed by atoms with E-state index in [0.717, 1.165) is 22.3 Å². The first-order chi connectivity index (χ1) is 8.49. The maximum absolute atomic E-state index is 5.90. The van der Waals surface area contributed by atoms with E-state index in [4.69, 9.17) is 5.73 Å². The van der Waals surface area contributed by atoms with Crippen molar-refractivity contribution in [3.05, 3.63) is 17.6 Å². The minimum Gasteiger partial charge on any atom is -0.328 e. The van der Waals surface area contributed by atoms with E-state index in [1.54, 1.807) is 22.8 Å². The summed E-state index contributed by atoms with van der Waals surface area (Å²) in [6.45, 7) is 4.02. The summed E-state index contributed by atoms with van der Waals surface area (Å²) in [4.78, 5) is 4.22. The highest BCUT2D eigenvalue weighted by Crippen LogP contribution is 2.30. The molecule has 7 heteroatoms. The van der Waals surface area contributed by atoms with E-state index in [1.165, 1.54) is 5.56 Å². The van der Waals surface area contributed by atoms with Crippen molar-refractivity contribution in [3.63, 3.8) is 0 Å². The van der Waals surface area contributed by atoms with Crippen molar-refractivity contribution in [2.75, 3.05) is 0 Å². The van der Waals surface area contributed by atoms with Crippen LogP contribution in [-0.4, -0.2) is 30.6 Å². The van der Waals surface area contributed by atoms with Crippen LogP contribution in [0.15, 0.2) is 16.5 Å². The number of hydrogen-bond donors (Lipinski definition) is 1. The lowest BCUT2D eigenvalue weighted by Gasteiger charge is -2.08. The van der Waals surface area contributed by atoms with Crippen LogP contribution >= 0.6 is 11.8 Å². The second kappa shape index (κ2) is 5.11. The molecule has 0 saturated heterocycles. The summed E-state index contributed by atoms with van der Waals surface area (Å²) in [5.41, 5.74) is 8.12. The van der Waals surface area contributed by atoms with Gasteiger partial charge in [-0.15, -0.1) is 0 Å².